The highest BCUT2D eigenvalue weighted by Crippen LogP contribution is 2.26. The zero-order valence-corrected chi connectivity index (χ0v) is 58.4. The van der Waals surface area contributed by atoms with Crippen LogP contribution >= 0.6 is 0 Å². The van der Waals surface area contributed by atoms with Gasteiger partial charge in [-0.15, -0.1) is 0 Å². The minimum Gasteiger partial charge on any atom is -0.454 e. The summed E-state index contributed by atoms with van der Waals surface area (Å²) in [6.07, 6.45) is 81.2. The maximum atomic E-state index is 13.5. The van der Waals surface area contributed by atoms with Gasteiger partial charge in [-0.2, -0.15) is 0 Å². The number of ether oxygens (including phenoxy) is 3. The Morgan fingerprint density at radius 2 is 0.791 bits per heavy atom. The summed E-state index contributed by atoms with van der Waals surface area (Å²) in [5.74, 6) is -1.20. The lowest BCUT2D eigenvalue weighted by Crippen LogP contribution is -2.61. The number of aliphatic hydroxyl groups is 5. The molecule has 0 aromatic rings. The number of hydrogen-bond acceptors (Lipinski definition) is 10. The number of unbranched alkanes of at least 4 members (excludes halogenated alkanes) is 34. The minimum atomic E-state index is -1.62. The van der Waals surface area contributed by atoms with Gasteiger partial charge in [-0.25, -0.2) is 0 Å². The molecule has 6 N–H and O–H groups in total. The number of allylic oxidation sites excluding steroid dienone is 17. The summed E-state index contributed by atoms with van der Waals surface area (Å²) in [5, 5.41) is 57.4. The molecule has 91 heavy (non-hydrogen) atoms. The first kappa shape index (κ1) is 85.3. The average molecular weight is 1270 g/mol. The van der Waals surface area contributed by atoms with E-state index in [1.165, 1.54) is 161 Å². The summed E-state index contributed by atoms with van der Waals surface area (Å²) in [7, 11) is 0. The molecule has 1 aliphatic rings. The minimum absolute atomic E-state index is 0.115. The second-order valence-electron chi connectivity index (χ2n) is 25.6. The molecule has 11 nitrogen and oxygen atoms in total. The van der Waals surface area contributed by atoms with Crippen molar-refractivity contribution in [3.05, 3.63) is 109 Å². The fraction of sp³-hybridized carbons (Fsp3) is 0.750. The Balaban J connectivity index is 2.56. The first-order chi connectivity index (χ1) is 44.7. The van der Waals surface area contributed by atoms with Gasteiger partial charge in [0.05, 0.1) is 25.4 Å². The van der Waals surface area contributed by atoms with E-state index in [0.717, 1.165) is 116 Å². The van der Waals surface area contributed by atoms with E-state index < -0.39 is 67.4 Å². The third-order valence-corrected chi connectivity index (χ3v) is 17.2. The van der Waals surface area contributed by atoms with E-state index in [1.54, 1.807) is 6.08 Å². The van der Waals surface area contributed by atoms with Crippen molar-refractivity contribution in [2.24, 2.45) is 0 Å². The SMILES string of the molecule is CC/C=C\C/C=C\C/C=C\C/C=C\C/C=C\CCCCCCCCCCCCCC(=O)OC1C(OCC(NC(=O)C(O)CCCCCCCCCCC/C=C\C/C=C\C/C=C\CCCCC)C(O)/C=C/CCCCCCCCCCCCC)OC(CO)C(O)C1O. The molecule has 1 amide bonds. The first-order valence-corrected chi connectivity index (χ1v) is 37.7. The predicted molar refractivity (Wildman–Crippen MR) is 384 cm³/mol. The van der Waals surface area contributed by atoms with Crippen molar-refractivity contribution in [3.8, 4) is 0 Å². The van der Waals surface area contributed by atoms with Crippen LogP contribution in [0.2, 0.25) is 0 Å². The van der Waals surface area contributed by atoms with Gasteiger partial charge in [0.15, 0.2) is 12.4 Å². The lowest BCUT2D eigenvalue weighted by atomic mass is 9.99. The molecule has 8 atom stereocenters. The highest BCUT2D eigenvalue weighted by atomic mass is 16.7. The first-order valence-electron chi connectivity index (χ1n) is 37.7. The molecule has 0 radical (unpaired) electrons. The van der Waals surface area contributed by atoms with Crippen LogP contribution in [0.4, 0.5) is 0 Å². The molecule has 1 fully saturated rings. The molecular weight excluding hydrogens is 1130 g/mol. The number of carbonyl (C=O) groups excluding carboxylic acids is 2. The normalized spacial score (nSPS) is 18.6. The zero-order valence-electron chi connectivity index (χ0n) is 58.4. The van der Waals surface area contributed by atoms with Gasteiger partial charge in [0.1, 0.15) is 24.4 Å². The number of aliphatic hydroxyl groups excluding tert-OH is 5. The Morgan fingerprint density at radius 1 is 0.440 bits per heavy atom. The second kappa shape index (κ2) is 66.3. The van der Waals surface area contributed by atoms with Crippen LogP contribution < -0.4 is 5.32 Å². The van der Waals surface area contributed by atoms with Gasteiger partial charge < -0.3 is 45.1 Å². The lowest BCUT2D eigenvalue weighted by molar-refractivity contribution is -0.305. The Hall–Kier alpha value is -3.68. The van der Waals surface area contributed by atoms with Crippen LogP contribution in [-0.4, -0.2) is 99.6 Å². The maximum Gasteiger partial charge on any atom is 0.306 e. The molecule has 0 saturated carbocycles. The number of esters is 1. The van der Waals surface area contributed by atoms with Gasteiger partial charge in [0, 0.05) is 6.42 Å². The van der Waals surface area contributed by atoms with E-state index >= 15 is 0 Å². The van der Waals surface area contributed by atoms with Gasteiger partial charge in [0.2, 0.25) is 5.91 Å². The van der Waals surface area contributed by atoms with Crippen molar-refractivity contribution >= 4 is 11.9 Å². The standard InChI is InChI=1S/C80H139NO10/c1-4-7-10-13-16-19-22-25-27-29-31-33-35-36-37-38-39-41-43-45-47-50-53-56-59-62-65-68-75(85)91-78-77(87)76(86)74(69-82)90-80(78)89-70-71(72(83)66-63-60-57-54-51-48-24-21-18-15-12-9-6-3)81-79(88)73(84)67-64-61-58-55-52-49-46-44-42-40-34-32-30-28-26-23-20-17-14-11-8-5-2/h7,10,16-17,19-20,25-28,31-34,36-37,63,66,71-74,76-78,80,82-84,86-87H,4-6,8-9,11-15,18,21-24,29-30,35,38-62,64-65,67-70H2,1-3H3,(H,81,88)/b10-7-,19-16-,20-17-,27-25-,28-26-,33-31-,34-32-,37-36-,66-63+. The average Bonchev–Trinajstić information content (AvgIpc) is 1.11. The second-order valence-corrected chi connectivity index (χ2v) is 25.6. The molecule has 11 heteroatoms. The van der Waals surface area contributed by atoms with E-state index in [9.17, 15) is 35.1 Å². The zero-order chi connectivity index (χ0) is 66.0. The molecule has 0 aromatic carbocycles. The Labute approximate surface area is 558 Å². The van der Waals surface area contributed by atoms with Crippen molar-refractivity contribution < 1.29 is 49.3 Å². The predicted octanol–water partition coefficient (Wildman–Crippen LogP) is 20.0. The van der Waals surface area contributed by atoms with Crippen LogP contribution in [0, 0.1) is 0 Å². The van der Waals surface area contributed by atoms with Crippen molar-refractivity contribution in [2.45, 2.75) is 372 Å². The number of nitrogens with one attached hydrogen (secondary N) is 1. The number of rotatable bonds is 64. The smallest absolute Gasteiger partial charge is 0.306 e. The summed E-state index contributed by atoms with van der Waals surface area (Å²) in [5.41, 5.74) is 0. The van der Waals surface area contributed by atoms with Crippen LogP contribution in [0.25, 0.3) is 0 Å². The van der Waals surface area contributed by atoms with Gasteiger partial charge in [-0.1, -0.05) is 316 Å². The molecule has 1 rings (SSSR count). The van der Waals surface area contributed by atoms with Gasteiger partial charge in [-0.3, -0.25) is 9.59 Å². The lowest BCUT2D eigenvalue weighted by Gasteiger charge is -2.41. The van der Waals surface area contributed by atoms with Crippen molar-refractivity contribution in [2.75, 3.05) is 13.2 Å². The Bertz CT molecular complexity index is 1900. The van der Waals surface area contributed by atoms with Gasteiger partial charge in [-0.05, 0) is 109 Å². The molecule has 1 heterocycles. The summed E-state index contributed by atoms with van der Waals surface area (Å²) in [6, 6.07) is -1.03. The quantitative estimate of drug-likeness (QED) is 0.0195. The fourth-order valence-corrected chi connectivity index (χ4v) is 11.3. The van der Waals surface area contributed by atoms with Crippen LogP contribution in [-0.2, 0) is 23.8 Å². The molecule has 1 saturated heterocycles. The highest BCUT2D eigenvalue weighted by Gasteiger charge is 2.47. The third-order valence-electron chi connectivity index (χ3n) is 17.2. The van der Waals surface area contributed by atoms with E-state index in [1.807, 2.05) is 6.08 Å². The number of carbonyl (C=O) groups is 2. The van der Waals surface area contributed by atoms with Crippen LogP contribution in [0.1, 0.15) is 323 Å². The van der Waals surface area contributed by atoms with Crippen LogP contribution in [0.3, 0.4) is 0 Å². The van der Waals surface area contributed by atoms with Crippen molar-refractivity contribution in [3.63, 3.8) is 0 Å². The molecule has 1 aliphatic heterocycles. The highest BCUT2D eigenvalue weighted by molar-refractivity contribution is 5.80. The monoisotopic (exact) mass is 1270 g/mol. The van der Waals surface area contributed by atoms with Gasteiger partial charge in [0.25, 0.3) is 0 Å². The Kier molecular flexibility index (Phi) is 62.2. The summed E-state index contributed by atoms with van der Waals surface area (Å²) < 4.78 is 17.7. The van der Waals surface area contributed by atoms with E-state index in [4.69, 9.17) is 14.2 Å². The van der Waals surface area contributed by atoms with E-state index in [2.05, 4.69) is 123 Å². The molecule has 0 aromatic heterocycles. The topological polar surface area (TPSA) is 175 Å². The number of amides is 1. The van der Waals surface area contributed by atoms with Crippen molar-refractivity contribution in [1.29, 1.82) is 0 Å². The molecular formula is C80H139NO10. The van der Waals surface area contributed by atoms with Gasteiger partial charge >= 0.3 is 5.97 Å². The molecule has 0 spiro atoms. The van der Waals surface area contributed by atoms with E-state index in [0.29, 0.717) is 12.8 Å². The van der Waals surface area contributed by atoms with Crippen LogP contribution in [0.15, 0.2) is 109 Å². The molecule has 0 bridgehead atoms. The largest absolute Gasteiger partial charge is 0.454 e. The summed E-state index contributed by atoms with van der Waals surface area (Å²) in [4.78, 5) is 26.8. The third kappa shape index (κ3) is 53.3. The summed E-state index contributed by atoms with van der Waals surface area (Å²) >= 11 is 0. The summed E-state index contributed by atoms with van der Waals surface area (Å²) in [6.45, 7) is 5.68. The number of hydrogen-bond donors (Lipinski definition) is 6. The van der Waals surface area contributed by atoms with Crippen LogP contribution in [0.5, 0.6) is 0 Å². The fourth-order valence-electron chi connectivity index (χ4n) is 11.3. The Morgan fingerprint density at radius 3 is 1.21 bits per heavy atom. The molecule has 8 unspecified atom stereocenters. The van der Waals surface area contributed by atoms with Crippen molar-refractivity contribution in [1.82, 2.24) is 5.32 Å². The molecule has 524 valence electrons. The maximum absolute atomic E-state index is 13.5. The molecule has 0 aliphatic carbocycles. The van der Waals surface area contributed by atoms with E-state index in [-0.39, 0.29) is 19.4 Å².